The Balaban J connectivity index is 2.32. The zero-order valence-corrected chi connectivity index (χ0v) is 10.00. The summed E-state index contributed by atoms with van der Waals surface area (Å²) in [5.74, 6) is 0. The molecule has 1 aromatic carbocycles. The Bertz CT molecular complexity index is 371. The van der Waals surface area contributed by atoms with Gasteiger partial charge >= 0.3 is 0 Å². The molecule has 0 aliphatic rings. The van der Waals surface area contributed by atoms with Gasteiger partial charge in [-0.3, -0.25) is 5.43 Å². The second-order valence-corrected chi connectivity index (χ2v) is 3.43. The number of rotatable bonds is 4. The topological polar surface area (TPSA) is 36.4 Å². The highest BCUT2D eigenvalue weighted by Crippen LogP contribution is 1.99. The Morgan fingerprint density at radius 3 is 2.81 bits per heavy atom. The van der Waals surface area contributed by atoms with Gasteiger partial charge in [-0.1, -0.05) is 36.4 Å². The molecule has 0 radical (unpaired) electrons. The monoisotopic (exact) mass is 233 g/mol. The predicted molar refractivity (Wildman–Crippen MR) is 73.4 cm³/mol. The van der Waals surface area contributed by atoms with Crippen LogP contribution < -0.4 is 10.7 Å². The molecule has 0 aliphatic heterocycles. The molecule has 0 atom stereocenters. The maximum absolute atomic E-state index is 4.94. The summed E-state index contributed by atoms with van der Waals surface area (Å²) in [5.41, 5.74) is 3.85. The van der Waals surface area contributed by atoms with Crippen LogP contribution in [-0.2, 0) is 0 Å². The highest BCUT2D eigenvalue weighted by molar-refractivity contribution is 7.80. The highest BCUT2D eigenvalue weighted by Gasteiger charge is 1.85. The molecule has 0 fully saturated rings. The molecule has 3 nitrogen and oxygen atoms in total. The van der Waals surface area contributed by atoms with Crippen LogP contribution in [0.15, 0.2) is 41.5 Å². The molecule has 16 heavy (non-hydrogen) atoms. The molecule has 0 saturated heterocycles. The van der Waals surface area contributed by atoms with Crippen molar-refractivity contribution in [2.75, 3.05) is 6.54 Å². The summed E-state index contributed by atoms with van der Waals surface area (Å²) in [7, 11) is 0. The molecule has 0 amide bonds. The molecule has 0 unspecified atom stereocenters. The number of benzene rings is 1. The molecule has 0 bridgehead atoms. The van der Waals surface area contributed by atoms with E-state index in [4.69, 9.17) is 12.2 Å². The van der Waals surface area contributed by atoms with Crippen LogP contribution >= 0.6 is 12.2 Å². The quantitative estimate of drug-likeness (QED) is 0.475. The first-order chi connectivity index (χ1) is 7.83. The van der Waals surface area contributed by atoms with Crippen molar-refractivity contribution in [3.63, 3.8) is 0 Å². The van der Waals surface area contributed by atoms with Gasteiger partial charge in [-0.25, -0.2) is 0 Å². The van der Waals surface area contributed by atoms with E-state index in [1.54, 1.807) is 6.21 Å². The highest BCUT2D eigenvalue weighted by atomic mass is 32.1. The maximum atomic E-state index is 4.94. The minimum absolute atomic E-state index is 0.534. The lowest BCUT2D eigenvalue weighted by molar-refractivity contribution is 0.904. The predicted octanol–water partition coefficient (Wildman–Crippen LogP) is 2.17. The first-order valence-electron chi connectivity index (χ1n) is 5.11. The lowest BCUT2D eigenvalue weighted by Crippen LogP contribution is -2.31. The summed E-state index contributed by atoms with van der Waals surface area (Å²) in [6.07, 6.45) is 5.50. The second kappa shape index (κ2) is 7.59. The van der Waals surface area contributed by atoms with Gasteiger partial charge in [0.15, 0.2) is 5.11 Å². The largest absolute Gasteiger partial charge is 0.362 e. The lowest BCUT2D eigenvalue weighted by atomic mass is 10.2. The number of thiocarbonyl (C=S) groups is 1. The number of allylic oxidation sites excluding steroid dienone is 1. The third-order valence-electron chi connectivity index (χ3n) is 1.75. The summed E-state index contributed by atoms with van der Waals surface area (Å²) < 4.78 is 0. The summed E-state index contributed by atoms with van der Waals surface area (Å²) in [6, 6.07) is 10.0. The van der Waals surface area contributed by atoms with Crippen LogP contribution in [0, 0.1) is 0 Å². The zero-order chi connectivity index (χ0) is 11.6. The molecule has 84 valence electrons. The van der Waals surface area contributed by atoms with Crippen molar-refractivity contribution >= 4 is 29.6 Å². The first kappa shape index (κ1) is 12.4. The average molecular weight is 233 g/mol. The van der Waals surface area contributed by atoms with E-state index in [1.165, 1.54) is 0 Å². The van der Waals surface area contributed by atoms with Crippen LogP contribution in [0.4, 0.5) is 0 Å². The molecule has 2 N–H and O–H groups in total. The summed E-state index contributed by atoms with van der Waals surface area (Å²) in [6.45, 7) is 2.77. The Morgan fingerprint density at radius 1 is 1.38 bits per heavy atom. The van der Waals surface area contributed by atoms with Gasteiger partial charge in [0, 0.05) is 12.8 Å². The zero-order valence-electron chi connectivity index (χ0n) is 9.18. The molecule has 0 aliphatic carbocycles. The van der Waals surface area contributed by atoms with Gasteiger partial charge in [0.05, 0.1) is 0 Å². The van der Waals surface area contributed by atoms with E-state index in [0.29, 0.717) is 5.11 Å². The van der Waals surface area contributed by atoms with Crippen molar-refractivity contribution in [2.24, 2.45) is 5.10 Å². The Hall–Kier alpha value is -1.68. The first-order valence-corrected chi connectivity index (χ1v) is 5.52. The van der Waals surface area contributed by atoms with E-state index < -0.39 is 0 Å². The standard InChI is InChI=1S/C12H15N3S/c1-2-13-12(16)15-14-10-6-9-11-7-4-3-5-8-11/h3-10H,2H2,1H3,(H2,13,15,16)/b9-6+,14-10-. The third-order valence-corrected chi connectivity index (χ3v) is 1.99. The lowest BCUT2D eigenvalue weighted by Gasteiger charge is -2.01. The van der Waals surface area contributed by atoms with Crippen molar-refractivity contribution in [2.45, 2.75) is 6.92 Å². The second-order valence-electron chi connectivity index (χ2n) is 3.02. The SMILES string of the molecule is CCNC(=S)N/N=C\C=C\c1ccccc1. The maximum Gasteiger partial charge on any atom is 0.186 e. The minimum Gasteiger partial charge on any atom is -0.362 e. The van der Waals surface area contributed by atoms with E-state index in [-0.39, 0.29) is 0 Å². The molecular weight excluding hydrogens is 218 g/mol. The van der Waals surface area contributed by atoms with E-state index >= 15 is 0 Å². The van der Waals surface area contributed by atoms with E-state index in [0.717, 1.165) is 12.1 Å². The van der Waals surface area contributed by atoms with Crippen molar-refractivity contribution in [1.82, 2.24) is 10.7 Å². The van der Waals surface area contributed by atoms with Crippen LogP contribution in [0.1, 0.15) is 12.5 Å². The van der Waals surface area contributed by atoms with Gasteiger partial charge in [0.2, 0.25) is 0 Å². The number of hydrogen-bond acceptors (Lipinski definition) is 2. The third kappa shape index (κ3) is 5.26. The van der Waals surface area contributed by atoms with E-state index in [2.05, 4.69) is 15.8 Å². The fraction of sp³-hybridized carbons (Fsp3) is 0.167. The van der Waals surface area contributed by atoms with Crippen LogP contribution in [0.5, 0.6) is 0 Å². The number of hydrazone groups is 1. The van der Waals surface area contributed by atoms with Gasteiger partial charge < -0.3 is 5.32 Å². The van der Waals surface area contributed by atoms with Crippen molar-refractivity contribution in [3.8, 4) is 0 Å². The number of hydrogen-bond donors (Lipinski definition) is 2. The Morgan fingerprint density at radius 2 is 2.12 bits per heavy atom. The molecule has 4 heteroatoms. The Labute approximate surface area is 101 Å². The van der Waals surface area contributed by atoms with Gasteiger partial charge in [0.1, 0.15) is 0 Å². The van der Waals surface area contributed by atoms with E-state index in [9.17, 15) is 0 Å². The van der Waals surface area contributed by atoms with Gasteiger partial charge in [0.25, 0.3) is 0 Å². The number of nitrogens with one attached hydrogen (secondary N) is 2. The van der Waals surface area contributed by atoms with Gasteiger partial charge in [-0.2, -0.15) is 5.10 Å². The fourth-order valence-electron chi connectivity index (χ4n) is 1.06. The minimum atomic E-state index is 0.534. The van der Waals surface area contributed by atoms with Crippen molar-refractivity contribution in [3.05, 3.63) is 42.0 Å². The molecule has 0 heterocycles. The van der Waals surface area contributed by atoms with Crippen LogP contribution in [0.25, 0.3) is 6.08 Å². The van der Waals surface area contributed by atoms with Crippen molar-refractivity contribution < 1.29 is 0 Å². The van der Waals surface area contributed by atoms with Gasteiger partial charge in [-0.15, -0.1) is 0 Å². The molecule has 1 aromatic rings. The summed E-state index contributed by atoms with van der Waals surface area (Å²) in [5, 5.41) is 7.41. The van der Waals surface area contributed by atoms with Gasteiger partial charge in [-0.05, 0) is 30.8 Å². The molecule has 0 aromatic heterocycles. The average Bonchev–Trinajstić information content (AvgIpc) is 2.30. The summed E-state index contributed by atoms with van der Waals surface area (Å²) >= 11 is 4.94. The van der Waals surface area contributed by atoms with E-state index in [1.807, 2.05) is 49.4 Å². The number of nitrogens with zero attached hydrogens (tertiary/aromatic N) is 1. The Kier molecular flexibility index (Phi) is 5.88. The molecule has 1 rings (SSSR count). The fourth-order valence-corrected chi connectivity index (χ4v) is 1.25. The van der Waals surface area contributed by atoms with Crippen molar-refractivity contribution in [1.29, 1.82) is 0 Å². The molecular formula is C12H15N3S. The van der Waals surface area contributed by atoms with Crippen LogP contribution in [0.2, 0.25) is 0 Å². The smallest absolute Gasteiger partial charge is 0.186 e. The van der Waals surface area contributed by atoms with Crippen LogP contribution in [-0.4, -0.2) is 17.9 Å². The molecule has 0 saturated carbocycles. The van der Waals surface area contributed by atoms with Crippen LogP contribution in [0.3, 0.4) is 0 Å². The normalized spacial score (nSPS) is 10.8. The summed E-state index contributed by atoms with van der Waals surface area (Å²) in [4.78, 5) is 0. The molecule has 0 spiro atoms.